The highest BCUT2D eigenvalue weighted by Gasteiger charge is 2.09. The summed E-state index contributed by atoms with van der Waals surface area (Å²) in [5, 5.41) is 0. The van der Waals surface area contributed by atoms with Crippen molar-refractivity contribution in [2.45, 2.75) is 27.7 Å². The van der Waals surface area contributed by atoms with Crippen molar-refractivity contribution in [1.29, 1.82) is 0 Å². The van der Waals surface area contributed by atoms with Crippen molar-refractivity contribution < 1.29 is 19.1 Å². The van der Waals surface area contributed by atoms with Crippen molar-refractivity contribution in [2.24, 2.45) is 5.92 Å². The van der Waals surface area contributed by atoms with Gasteiger partial charge < -0.3 is 9.47 Å². The van der Waals surface area contributed by atoms with Crippen LogP contribution in [0.3, 0.4) is 0 Å². The molecule has 6 nitrogen and oxygen atoms in total. The SMILES string of the molecule is Cc1cccc(OCC(=O)NNC(=O)c2ccc(OCC(C)C)cc2)c1C. The van der Waals surface area contributed by atoms with Crippen LogP contribution in [0.15, 0.2) is 42.5 Å². The Kier molecular flexibility index (Phi) is 7.23. The predicted molar refractivity (Wildman–Crippen MR) is 104 cm³/mol. The lowest BCUT2D eigenvalue weighted by Gasteiger charge is -2.12. The van der Waals surface area contributed by atoms with Gasteiger partial charge in [0, 0.05) is 5.56 Å². The number of hydrogen-bond donors (Lipinski definition) is 2. The summed E-state index contributed by atoms with van der Waals surface area (Å²) in [5.74, 6) is 0.917. The average molecular weight is 370 g/mol. The van der Waals surface area contributed by atoms with Gasteiger partial charge >= 0.3 is 0 Å². The lowest BCUT2D eigenvalue weighted by molar-refractivity contribution is -0.123. The van der Waals surface area contributed by atoms with Crippen molar-refractivity contribution in [3.63, 3.8) is 0 Å². The summed E-state index contributed by atoms with van der Waals surface area (Å²) in [5.41, 5.74) is 7.20. The molecule has 0 atom stereocenters. The summed E-state index contributed by atoms with van der Waals surface area (Å²) >= 11 is 0. The molecule has 0 saturated heterocycles. The number of rotatable bonds is 7. The fraction of sp³-hybridized carbons (Fsp3) is 0.333. The summed E-state index contributed by atoms with van der Waals surface area (Å²) in [4.78, 5) is 24.0. The van der Waals surface area contributed by atoms with E-state index in [-0.39, 0.29) is 6.61 Å². The molecule has 0 bridgehead atoms. The minimum absolute atomic E-state index is 0.188. The molecule has 0 radical (unpaired) electrons. The fourth-order valence-corrected chi connectivity index (χ4v) is 2.22. The molecular weight excluding hydrogens is 344 g/mol. The number of benzene rings is 2. The first-order chi connectivity index (χ1) is 12.9. The van der Waals surface area contributed by atoms with E-state index in [4.69, 9.17) is 9.47 Å². The highest BCUT2D eigenvalue weighted by atomic mass is 16.5. The molecule has 0 aliphatic rings. The quantitative estimate of drug-likeness (QED) is 0.734. The van der Waals surface area contributed by atoms with E-state index in [9.17, 15) is 9.59 Å². The van der Waals surface area contributed by atoms with Crippen LogP contribution in [-0.4, -0.2) is 25.0 Å². The van der Waals surface area contributed by atoms with Gasteiger partial charge in [0.15, 0.2) is 6.61 Å². The molecule has 0 heterocycles. The number of aryl methyl sites for hydroxylation is 1. The Balaban J connectivity index is 1.79. The van der Waals surface area contributed by atoms with Crippen molar-refractivity contribution in [3.8, 4) is 11.5 Å². The second-order valence-corrected chi connectivity index (χ2v) is 6.72. The van der Waals surface area contributed by atoms with Crippen LogP contribution in [0.25, 0.3) is 0 Å². The van der Waals surface area contributed by atoms with Crippen LogP contribution in [0.4, 0.5) is 0 Å². The molecule has 0 unspecified atom stereocenters. The van der Waals surface area contributed by atoms with Gasteiger partial charge in [-0.1, -0.05) is 26.0 Å². The van der Waals surface area contributed by atoms with Gasteiger partial charge in [-0.3, -0.25) is 20.4 Å². The van der Waals surface area contributed by atoms with Gasteiger partial charge in [0.2, 0.25) is 0 Å². The monoisotopic (exact) mass is 370 g/mol. The van der Waals surface area contributed by atoms with Crippen LogP contribution < -0.4 is 20.3 Å². The van der Waals surface area contributed by atoms with E-state index in [1.54, 1.807) is 30.3 Å². The third-order valence-electron chi connectivity index (χ3n) is 3.93. The number of carbonyl (C=O) groups is 2. The second kappa shape index (κ2) is 9.62. The molecular formula is C21H26N2O4. The van der Waals surface area contributed by atoms with Gasteiger partial charge in [0.25, 0.3) is 11.8 Å². The molecule has 2 amide bonds. The summed E-state index contributed by atoms with van der Waals surface area (Å²) in [6, 6.07) is 12.4. The molecule has 0 aliphatic heterocycles. The zero-order valence-electron chi connectivity index (χ0n) is 16.2. The Bertz CT molecular complexity index is 785. The van der Waals surface area contributed by atoms with Crippen molar-refractivity contribution in [3.05, 3.63) is 59.2 Å². The molecule has 2 N–H and O–H groups in total. The Morgan fingerprint density at radius 1 is 0.963 bits per heavy atom. The van der Waals surface area contributed by atoms with Crippen LogP contribution >= 0.6 is 0 Å². The lowest BCUT2D eigenvalue weighted by atomic mass is 10.1. The minimum Gasteiger partial charge on any atom is -0.493 e. The Morgan fingerprint density at radius 2 is 1.67 bits per heavy atom. The third kappa shape index (κ3) is 6.33. The first-order valence-electron chi connectivity index (χ1n) is 8.88. The summed E-state index contributed by atoms with van der Waals surface area (Å²) in [6.45, 7) is 8.46. The Hall–Kier alpha value is -3.02. The summed E-state index contributed by atoms with van der Waals surface area (Å²) in [7, 11) is 0. The van der Waals surface area contributed by atoms with Crippen LogP contribution in [0, 0.1) is 19.8 Å². The lowest BCUT2D eigenvalue weighted by Crippen LogP contribution is -2.43. The van der Waals surface area contributed by atoms with Crippen LogP contribution in [-0.2, 0) is 4.79 Å². The van der Waals surface area contributed by atoms with Gasteiger partial charge in [0.05, 0.1) is 6.61 Å². The topological polar surface area (TPSA) is 76.7 Å². The molecule has 144 valence electrons. The molecule has 0 aliphatic carbocycles. The molecule has 27 heavy (non-hydrogen) atoms. The molecule has 6 heteroatoms. The average Bonchev–Trinajstić information content (AvgIpc) is 2.66. The van der Waals surface area contributed by atoms with E-state index in [0.717, 1.165) is 11.1 Å². The molecule has 0 saturated carbocycles. The minimum atomic E-state index is -0.443. The number of carbonyl (C=O) groups excluding carboxylic acids is 2. The first-order valence-corrected chi connectivity index (χ1v) is 8.88. The van der Waals surface area contributed by atoms with E-state index < -0.39 is 11.8 Å². The van der Waals surface area contributed by atoms with E-state index in [1.165, 1.54) is 0 Å². The largest absolute Gasteiger partial charge is 0.493 e. The molecule has 2 aromatic carbocycles. The molecule has 0 aromatic heterocycles. The van der Waals surface area contributed by atoms with Crippen LogP contribution in [0.2, 0.25) is 0 Å². The van der Waals surface area contributed by atoms with Crippen molar-refractivity contribution in [1.82, 2.24) is 10.9 Å². The first kappa shape index (κ1) is 20.3. The second-order valence-electron chi connectivity index (χ2n) is 6.72. The summed E-state index contributed by atoms with van der Waals surface area (Å²) in [6.07, 6.45) is 0. The number of hydrogen-bond acceptors (Lipinski definition) is 4. The maximum Gasteiger partial charge on any atom is 0.276 e. The fourth-order valence-electron chi connectivity index (χ4n) is 2.22. The van der Waals surface area contributed by atoms with E-state index in [1.807, 2.05) is 26.0 Å². The van der Waals surface area contributed by atoms with Crippen molar-refractivity contribution in [2.75, 3.05) is 13.2 Å². The third-order valence-corrected chi connectivity index (χ3v) is 3.93. The highest BCUT2D eigenvalue weighted by molar-refractivity contribution is 5.95. The highest BCUT2D eigenvalue weighted by Crippen LogP contribution is 2.20. The van der Waals surface area contributed by atoms with Gasteiger partial charge in [-0.25, -0.2) is 0 Å². The van der Waals surface area contributed by atoms with Gasteiger partial charge in [-0.15, -0.1) is 0 Å². The smallest absolute Gasteiger partial charge is 0.276 e. The predicted octanol–water partition coefficient (Wildman–Crippen LogP) is 3.18. The summed E-state index contributed by atoms with van der Waals surface area (Å²) < 4.78 is 11.1. The molecule has 2 rings (SSSR count). The maximum absolute atomic E-state index is 12.1. The molecule has 2 aromatic rings. The Morgan fingerprint density at radius 3 is 2.33 bits per heavy atom. The number of ether oxygens (including phenoxy) is 2. The number of hydrazine groups is 1. The van der Waals surface area contributed by atoms with Gasteiger partial charge in [0.1, 0.15) is 11.5 Å². The Labute approximate surface area is 159 Å². The standard InChI is InChI=1S/C21H26N2O4/c1-14(2)12-26-18-10-8-17(9-11-18)21(25)23-22-20(24)13-27-19-7-5-6-15(3)16(19)4/h5-11,14H,12-13H2,1-4H3,(H,22,24)(H,23,25). The molecule has 0 spiro atoms. The number of nitrogens with one attached hydrogen (secondary N) is 2. The van der Waals surface area contributed by atoms with Crippen LogP contribution in [0.1, 0.15) is 35.3 Å². The van der Waals surface area contributed by atoms with Crippen LogP contribution in [0.5, 0.6) is 11.5 Å². The van der Waals surface area contributed by atoms with Crippen molar-refractivity contribution >= 4 is 11.8 Å². The van der Waals surface area contributed by atoms with E-state index in [2.05, 4.69) is 24.7 Å². The van der Waals surface area contributed by atoms with Gasteiger partial charge in [-0.2, -0.15) is 0 Å². The maximum atomic E-state index is 12.1. The molecule has 0 fully saturated rings. The normalized spacial score (nSPS) is 10.4. The number of amides is 2. The zero-order chi connectivity index (χ0) is 19.8. The van der Waals surface area contributed by atoms with E-state index >= 15 is 0 Å². The van der Waals surface area contributed by atoms with E-state index in [0.29, 0.717) is 29.6 Å². The van der Waals surface area contributed by atoms with Gasteiger partial charge in [-0.05, 0) is 61.2 Å². The zero-order valence-corrected chi connectivity index (χ0v) is 16.2.